The summed E-state index contributed by atoms with van der Waals surface area (Å²) in [6.07, 6.45) is 4.34. The zero-order valence-electron chi connectivity index (χ0n) is 18.4. The Balaban J connectivity index is 1.81. The number of nitrogens with one attached hydrogen (secondary N) is 1. The summed E-state index contributed by atoms with van der Waals surface area (Å²) in [6, 6.07) is 10.7. The number of carbonyl (C=O) groups is 2. The van der Waals surface area contributed by atoms with E-state index in [-0.39, 0.29) is 28.9 Å². The standard InChI is InChI=1S/C23H28ClN3O5S/c1-32-21-12-11-19(14-20(21)24)33(30,31)27(18-5-3-2-4-6-18)15-23(29)26-17-9-7-16(8-10-17)13-22(25)28/h7-12,14,18H,2-6,13,15H2,1H3,(H2,25,28)(H,26,29). The fraction of sp³-hybridized carbons (Fsp3) is 0.391. The molecule has 10 heteroatoms. The molecule has 0 saturated heterocycles. The van der Waals surface area contributed by atoms with Crippen molar-refractivity contribution < 1.29 is 22.7 Å². The highest BCUT2D eigenvalue weighted by Gasteiger charge is 2.34. The van der Waals surface area contributed by atoms with Crippen LogP contribution in [-0.2, 0) is 26.0 Å². The normalized spacial score (nSPS) is 14.8. The molecule has 3 N–H and O–H groups in total. The van der Waals surface area contributed by atoms with E-state index in [1.165, 1.54) is 29.6 Å². The summed E-state index contributed by atoms with van der Waals surface area (Å²) in [5.41, 5.74) is 6.42. The molecular weight excluding hydrogens is 466 g/mol. The van der Waals surface area contributed by atoms with Gasteiger partial charge in [0.1, 0.15) is 5.75 Å². The van der Waals surface area contributed by atoms with E-state index in [2.05, 4.69) is 5.32 Å². The highest BCUT2D eigenvalue weighted by atomic mass is 35.5. The smallest absolute Gasteiger partial charge is 0.243 e. The van der Waals surface area contributed by atoms with Gasteiger partial charge >= 0.3 is 0 Å². The van der Waals surface area contributed by atoms with Crippen molar-refractivity contribution in [3.05, 3.63) is 53.1 Å². The Morgan fingerprint density at radius 3 is 2.36 bits per heavy atom. The van der Waals surface area contributed by atoms with Crippen LogP contribution in [0.5, 0.6) is 5.75 Å². The van der Waals surface area contributed by atoms with E-state index in [4.69, 9.17) is 22.1 Å². The summed E-state index contributed by atoms with van der Waals surface area (Å²) in [4.78, 5) is 23.9. The largest absolute Gasteiger partial charge is 0.495 e. The van der Waals surface area contributed by atoms with Gasteiger partial charge < -0.3 is 15.8 Å². The Morgan fingerprint density at radius 2 is 1.79 bits per heavy atom. The molecule has 3 rings (SSSR count). The fourth-order valence-corrected chi connectivity index (χ4v) is 5.96. The van der Waals surface area contributed by atoms with Gasteiger partial charge in [-0.3, -0.25) is 9.59 Å². The number of nitrogens with zero attached hydrogens (tertiary/aromatic N) is 1. The zero-order valence-corrected chi connectivity index (χ0v) is 20.0. The molecule has 1 aliphatic rings. The minimum atomic E-state index is -3.97. The lowest BCUT2D eigenvalue weighted by Gasteiger charge is -2.33. The van der Waals surface area contributed by atoms with E-state index in [1.807, 2.05) is 0 Å². The van der Waals surface area contributed by atoms with E-state index in [1.54, 1.807) is 24.3 Å². The molecule has 1 fully saturated rings. The molecule has 0 atom stereocenters. The average molecular weight is 494 g/mol. The summed E-state index contributed by atoms with van der Waals surface area (Å²) >= 11 is 6.17. The van der Waals surface area contributed by atoms with E-state index < -0.39 is 21.8 Å². The maximum absolute atomic E-state index is 13.5. The van der Waals surface area contributed by atoms with Gasteiger partial charge in [0.25, 0.3) is 0 Å². The number of methoxy groups -OCH3 is 1. The predicted octanol–water partition coefficient (Wildman–Crippen LogP) is 3.34. The average Bonchev–Trinajstić information content (AvgIpc) is 2.79. The van der Waals surface area contributed by atoms with Crippen molar-refractivity contribution >= 4 is 39.1 Å². The Morgan fingerprint density at radius 1 is 1.12 bits per heavy atom. The Labute approximate surface area is 199 Å². The second-order valence-electron chi connectivity index (χ2n) is 8.03. The Kier molecular flexibility index (Phi) is 8.34. The Hall–Kier alpha value is -2.62. The minimum absolute atomic E-state index is 0.0162. The predicted molar refractivity (Wildman–Crippen MR) is 127 cm³/mol. The number of amides is 2. The van der Waals surface area contributed by atoms with Gasteiger partial charge in [-0.1, -0.05) is 43.0 Å². The molecule has 2 aromatic carbocycles. The third-order valence-corrected chi connectivity index (χ3v) is 7.82. The molecule has 0 bridgehead atoms. The first-order valence-corrected chi connectivity index (χ1v) is 12.5. The molecular formula is C23H28ClN3O5S. The van der Waals surface area contributed by atoms with Crippen LogP contribution < -0.4 is 15.8 Å². The van der Waals surface area contributed by atoms with Gasteiger partial charge in [-0.2, -0.15) is 4.31 Å². The van der Waals surface area contributed by atoms with Crippen LogP contribution in [0.4, 0.5) is 5.69 Å². The quantitative estimate of drug-likeness (QED) is 0.555. The second-order valence-corrected chi connectivity index (χ2v) is 10.3. The molecule has 0 aliphatic heterocycles. The van der Waals surface area contributed by atoms with Crippen LogP contribution >= 0.6 is 11.6 Å². The van der Waals surface area contributed by atoms with E-state index in [0.29, 0.717) is 24.3 Å². The number of benzene rings is 2. The van der Waals surface area contributed by atoms with Crippen LogP contribution in [0.3, 0.4) is 0 Å². The van der Waals surface area contributed by atoms with Gasteiger partial charge in [-0.15, -0.1) is 0 Å². The number of halogens is 1. The molecule has 2 amide bonds. The van der Waals surface area contributed by atoms with Crippen molar-refractivity contribution in [3.63, 3.8) is 0 Å². The number of sulfonamides is 1. The molecule has 0 spiro atoms. The highest BCUT2D eigenvalue weighted by molar-refractivity contribution is 7.89. The molecule has 33 heavy (non-hydrogen) atoms. The second kappa shape index (κ2) is 11.0. The summed E-state index contributed by atoms with van der Waals surface area (Å²) in [5.74, 6) is -0.525. The van der Waals surface area contributed by atoms with Gasteiger partial charge in [0.15, 0.2) is 0 Å². The third kappa shape index (κ3) is 6.46. The number of hydrogen-bond donors (Lipinski definition) is 2. The van der Waals surface area contributed by atoms with Crippen LogP contribution in [0.2, 0.25) is 5.02 Å². The molecule has 1 aliphatic carbocycles. The van der Waals surface area contributed by atoms with Gasteiger partial charge in [-0.05, 0) is 48.7 Å². The van der Waals surface area contributed by atoms with Crippen LogP contribution in [0.25, 0.3) is 0 Å². The topological polar surface area (TPSA) is 119 Å². The molecule has 2 aromatic rings. The molecule has 0 unspecified atom stereocenters. The van der Waals surface area contributed by atoms with Gasteiger partial charge in [0, 0.05) is 11.7 Å². The summed E-state index contributed by atoms with van der Waals surface area (Å²) in [7, 11) is -2.52. The van der Waals surface area contributed by atoms with Gasteiger partial charge in [-0.25, -0.2) is 8.42 Å². The lowest BCUT2D eigenvalue weighted by molar-refractivity contribution is -0.118. The number of ether oxygens (including phenoxy) is 1. The van der Waals surface area contributed by atoms with Crippen LogP contribution in [0.15, 0.2) is 47.4 Å². The van der Waals surface area contributed by atoms with Gasteiger partial charge in [0.05, 0.1) is 30.0 Å². The first-order valence-electron chi connectivity index (χ1n) is 10.7. The van der Waals surface area contributed by atoms with Crippen LogP contribution in [0.1, 0.15) is 37.7 Å². The molecule has 178 valence electrons. The summed E-state index contributed by atoms with van der Waals surface area (Å²) in [6.45, 7) is -0.320. The fourth-order valence-electron chi connectivity index (χ4n) is 3.97. The van der Waals surface area contributed by atoms with Crippen LogP contribution in [0, 0.1) is 0 Å². The molecule has 0 heterocycles. The number of primary amides is 1. The van der Waals surface area contributed by atoms with Crippen LogP contribution in [-0.4, -0.2) is 44.2 Å². The summed E-state index contributed by atoms with van der Waals surface area (Å²) in [5, 5.41) is 2.92. The maximum Gasteiger partial charge on any atom is 0.243 e. The molecule has 0 radical (unpaired) electrons. The number of hydrogen-bond acceptors (Lipinski definition) is 5. The van der Waals surface area contributed by atoms with Crippen molar-refractivity contribution in [2.24, 2.45) is 5.73 Å². The molecule has 8 nitrogen and oxygen atoms in total. The first kappa shape index (κ1) is 25.0. The first-order chi connectivity index (χ1) is 15.7. The van der Waals surface area contributed by atoms with Gasteiger partial charge in [0.2, 0.25) is 21.8 Å². The van der Waals surface area contributed by atoms with Crippen molar-refractivity contribution in [1.82, 2.24) is 4.31 Å². The van der Waals surface area contributed by atoms with Crippen molar-refractivity contribution in [2.45, 2.75) is 49.5 Å². The third-order valence-electron chi connectivity index (χ3n) is 5.63. The van der Waals surface area contributed by atoms with Crippen molar-refractivity contribution in [1.29, 1.82) is 0 Å². The zero-order chi connectivity index (χ0) is 24.0. The number of nitrogens with two attached hydrogens (primary N) is 1. The van der Waals surface area contributed by atoms with E-state index in [9.17, 15) is 18.0 Å². The maximum atomic E-state index is 13.5. The lowest BCUT2D eigenvalue weighted by atomic mass is 9.95. The number of rotatable bonds is 9. The highest BCUT2D eigenvalue weighted by Crippen LogP contribution is 2.32. The lowest BCUT2D eigenvalue weighted by Crippen LogP contribution is -2.45. The monoisotopic (exact) mass is 493 g/mol. The molecule has 1 saturated carbocycles. The van der Waals surface area contributed by atoms with Crippen molar-refractivity contribution in [3.8, 4) is 5.75 Å². The molecule has 0 aromatic heterocycles. The number of anilines is 1. The Bertz CT molecular complexity index is 1100. The summed E-state index contributed by atoms with van der Waals surface area (Å²) < 4.78 is 33.4. The minimum Gasteiger partial charge on any atom is -0.495 e. The van der Waals surface area contributed by atoms with E-state index >= 15 is 0 Å². The van der Waals surface area contributed by atoms with E-state index in [0.717, 1.165) is 24.8 Å². The number of carbonyl (C=O) groups excluding carboxylic acids is 2. The SMILES string of the molecule is COc1ccc(S(=O)(=O)N(CC(=O)Nc2ccc(CC(N)=O)cc2)C2CCCCC2)cc1Cl. The van der Waals surface area contributed by atoms with Crippen molar-refractivity contribution in [2.75, 3.05) is 19.0 Å².